The molecular weight excluding hydrogens is 246 g/mol. The van der Waals surface area contributed by atoms with Crippen LogP contribution in [-0.2, 0) is 13.5 Å². The van der Waals surface area contributed by atoms with E-state index in [1.54, 1.807) is 6.33 Å². The Morgan fingerprint density at radius 3 is 3.11 bits per heavy atom. The number of hydrogen-bond donors (Lipinski definition) is 1. The van der Waals surface area contributed by atoms with Crippen molar-refractivity contribution >= 4 is 16.9 Å². The van der Waals surface area contributed by atoms with Gasteiger partial charge in [-0.05, 0) is 12.3 Å². The third-order valence-electron chi connectivity index (χ3n) is 2.90. The van der Waals surface area contributed by atoms with Gasteiger partial charge in [0.05, 0.1) is 0 Å². The molecule has 6 heteroatoms. The van der Waals surface area contributed by atoms with E-state index in [1.807, 2.05) is 23.4 Å². The number of aromatic nitrogens is 3. The van der Waals surface area contributed by atoms with Gasteiger partial charge < -0.3 is 9.88 Å². The van der Waals surface area contributed by atoms with E-state index in [4.69, 9.17) is 0 Å². The topological polar surface area (TPSA) is 55.1 Å². The van der Waals surface area contributed by atoms with Crippen LogP contribution in [0.15, 0.2) is 11.3 Å². The van der Waals surface area contributed by atoms with E-state index in [-0.39, 0.29) is 0 Å². The van der Waals surface area contributed by atoms with Gasteiger partial charge in [-0.25, -0.2) is 0 Å². The highest BCUT2D eigenvalue weighted by molar-refractivity contribution is 8.14. The van der Waals surface area contributed by atoms with Crippen molar-refractivity contribution in [2.45, 2.75) is 32.7 Å². The minimum atomic E-state index is 0.587. The third kappa shape index (κ3) is 3.73. The number of nitrogens with zero attached hydrogens (tertiary/aromatic N) is 4. The van der Waals surface area contributed by atoms with E-state index >= 15 is 0 Å². The van der Waals surface area contributed by atoms with Crippen LogP contribution in [0.1, 0.15) is 26.1 Å². The second-order valence-corrected chi connectivity index (χ2v) is 6.09. The van der Waals surface area contributed by atoms with Crippen LogP contribution < -0.4 is 5.32 Å². The molecule has 0 aliphatic carbocycles. The van der Waals surface area contributed by atoms with Gasteiger partial charge in [0.1, 0.15) is 12.2 Å². The predicted octanol–water partition coefficient (Wildman–Crippen LogP) is 1.46. The first kappa shape index (κ1) is 13.4. The molecule has 0 aromatic carbocycles. The quantitative estimate of drug-likeness (QED) is 0.877. The summed E-state index contributed by atoms with van der Waals surface area (Å²) in [5, 5.41) is 12.5. The molecule has 0 saturated carbocycles. The standard InChI is InChI=1S/C12H21N5S/c1-9(2)6-10-7-18-12(15-10)13-5-4-11-16-14-8-17(11)3/h8-10H,4-7H2,1-3H3,(H,13,15). The summed E-state index contributed by atoms with van der Waals surface area (Å²) in [5.74, 6) is 2.86. The molecule has 100 valence electrons. The zero-order valence-electron chi connectivity index (χ0n) is 11.3. The first-order valence-electron chi connectivity index (χ1n) is 6.42. The van der Waals surface area contributed by atoms with Crippen molar-refractivity contribution < 1.29 is 0 Å². The van der Waals surface area contributed by atoms with E-state index in [9.17, 15) is 0 Å². The fourth-order valence-corrected chi connectivity index (χ4v) is 3.03. The zero-order valence-corrected chi connectivity index (χ0v) is 12.1. The summed E-state index contributed by atoms with van der Waals surface area (Å²) in [7, 11) is 1.96. The van der Waals surface area contributed by atoms with Crippen molar-refractivity contribution in [2.75, 3.05) is 12.3 Å². The van der Waals surface area contributed by atoms with Crippen molar-refractivity contribution in [2.24, 2.45) is 18.0 Å². The first-order valence-corrected chi connectivity index (χ1v) is 7.40. The number of thioether (sulfide) groups is 1. The normalized spacial score (nSPS) is 21.8. The maximum atomic E-state index is 4.58. The average Bonchev–Trinajstić information content (AvgIpc) is 2.89. The highest BCUT2D eigenvalue weighted by Gasteiger charge is 2.20. The van der Waals surface area contributed by atoms with Gasteiger partial charge >= 0.3 is 0 Å². The molecule has 1 aromatic heterocycles. The molecule has 1 aliphatic heterocycles. The van der Waals surface area contributed by atoms with Crippen LogP contribution >= 0.6 is 11.8 Å². The van der Waals surface area contributed by atoms with Crippen LogP contribution in [0, 0.1) is 5.92 Å². The smallest absolute Gasteiger partial charge is 0.156 e. The molecule has 1 atom stereocenters. The van der Waals surface area contributed by atoms with Crippen molar-refractivity contribution in [3.8, 4) is 0 Å². The molecular formula is C12H21N5S. The number of aryl methyl sites for hydroxylation is 1. The van der Waals surface area contributed by atoms with Gasteiger partial charge in [0.2, 0.25) is 0 Å². The first-order chi connectivity index (χ1) is 8.65. The highest BCUT2D eigenvalue weighted by atomic mass is 32.2. The average molecular weight is 267 g/mol. The molecule has 1 unspecified atom stereocenters. The number of amidine groups is 1. The molecule has 0 bridgehead atoms. The monoisotopic (exact) mass is 267 g/mol. The van der Waals surface area contributed by atoms with Crippen molar-refractivity contribution in [3.63, 3.8) is 0 Å². The fourth-order valence-electron chi connectivity index (χ4n) is 2.02. The van der Waals surface area contributed by atoms with Gasteiger partial charge in [-0.2, -0.15) is 0 Å². The molecule has 5 nitrogen and oxygen atoms in total. The summed E-state index contributed by atoms with van der Waals surface area (Å²) in [6.45, 7) is 5.29. The van der Waals surface area contributed by atoms with Gasteiger partial charge in [-0.15, -0.1) is 10.2 Å². The third-order valence-corrected chi connectivity index (χ3v) is 3.99. The summed E-state index contributed by atoms with van der Waals surface area (Å²) >= 11 is 1.83. The minimum Gasteiger partial charge on any atom is -0.361 e. The summed E-state index contributed by atoms with van der Waals surface area (Å²) in [6, 6.07) is 0.587. The Bertz CT molecular complexity index is 412. The van der Waals surface area contributed by atoms with Gasteiger partial charge in [-0.1, -0.05) is 25.6 Å². The van der Waals surface area contributed by atoms with Crippen LogP contribution in [-0.4, -0.2) is 38.3 Å². The lowest BCUT2D eigenvalue weighted by atomic mass is 10.1. The van der Waals surface area contributed by atoms with Crippen LogP contribution in [0.5, 0.6) is 0 Å². The van der Waals surface area contributed by atoms with Crippen LogP contribution in [0.4, 0.5) is 0 Å². The summed E-state index contributed by atoms with van der Waals surface area (Å²) in [4.78, 5) is 4.58. The molecule has 1 aliphatic rings. The zero-order chi connectivity index (χ0) is 13.0. The minimum absolute atomic E-state index is 0.587. The molecule has 0 radical (unpaired) electrons. The number of aliphatic imine (C=N–C) groups is 1. The Labute approximate surface area is 112 Å². The molecule has 2 heterocycles. The summed E-state index contributed by atoms with van der Waals surface area (Å²) in [5.41, 5.74) is 0. The Hall–Kier alpha value is -1.04. The Morgan fingerprint density at radius 2 is 2.44 bits per heavy atom. The SMILES string of the molecule is CC(C)CC1CSC(=NCCc2nncn2C)N1. The van der Waals surface area contributed by atoms with Gasteiger partial charge in [-0.3, -0.25) is 4.99 Å². The van der Waals surface area contributed by atoms with Crippen LogP contribution in [0.3, 0.4) is 0 Å². The second kappa shape index (κ2) is 6.22. The molecule has 1 aromatic rings. The second-order valence-electron chi connectivity index (χ2n) is 5.08. The molecule has 18 heavy (non-hydrogen) atoms. The largest absolute Gasteiger partial charge is 0.361 e. The van der Waals surface area contributed by atoms with Crippen molar-refractivity contribution in [1.29, 1.82) is 0 Å². The van der Waals surface area contributed by atoms with E-state index < -0.39 is 0 Å². The van der Waals surface area contributed by atoms with Crippen molar-refractivity contribution in [3.05, 3.63) is 12.2 Å². The maximum Gasteiger partial charge on any atom is 0.156 e. The molecule has 1 N–H and O–H groups in total. The van der Waals surface area contributed by atoms with Crippen LogP contribution in [0.2, 0.25) is 0 Å². The summed E-state index contributed by atoms with van der Waals surface area (Å²) in [6.07, 6.45) is 3.79. The van der Waals surface area contributed by atoms with Crippen molar-refractivity contribution in [1.82, 2.24) is 20.1 Å². The van der Waals surface area contributed by atoms with E-state index in [0.29, 0.717) is 6.04 Å². The molecule has 1 saturated heterocycles. The maximum absolute atomic E-state index is 4.58. The van der Waals surface area contributed by atoms with Crippen LogP contribution in [0.25, 0.3) is 0 Å². The number of rotatable bonds is 5. The molecule has 1 fully saturated rings. The fraction of sp³-hybridized carbons (Fsp3) is 0.750. The lowest BCUT2D eigenvalue weighted by Gasteiger charge is -2.11. The lowest BCUT2D eigenvalue weighted by Crippen LogP contribution is -2.28. The van der Waals surface area contributed by atoms with E-state index in [2.05, 4.69) is 34.4 Å². The molecule has 2 rings (SSSR count). The Balaban J connectivity index is 1.76. The Kier molecular flexibility index (Phi) is 4.63. The van der Waals surface area contributed by atoms with E-state index in [0.717, 1.165) is 35.6 Å². The highest BCUT2D eigenvalue weighted by Crippen LogP contribution is 2.18. The number of hydrogen-bond acceptors (Lipinski definition) is 4. The summed E-state index contributed by atoms with van der Waals surface area (Å²) < 4.78 is 1.94. The lowest BCUT2D eigenvalue weighted by molar-refractivity contribution is 0.502. The van der Waals surface area contributed by atoms with Gasteiger partial charge in [0.15, 0.2) is 5.17 Å². The van der Waals surface area contributed by atoms with Gasteiger partial charge in [0.25, 0.3) is 0 Å². The molecule has 0 amide bonds. The van der Waals surface area contributed by atoms with Gasteiger partial charge in [0, 0.05) is 31.8 Å². The number of nitrogens with one attached hydrogen (secondary N) is 1. The Morgan fingerprint density at radius 1 is 1.61 bits per heavy atom. The van der Waals surface area contributed by atoms with E-state index in [1.165, 1.54) is 6.42 Å². The molecule has 0 spiro atoms. The predicted molar refractivity (Wildman–Crippen MR) is 75.8 cm³/mol.